The fourth-order valence-corrected chi connectivity index (χ4v) is 4.08. The van der Waals surface area contributed by atoms with E-state index in [1.165, 1.54) is 16.7 Å². The van der Waals surface area contributed by atoms with E-state index in [9.17, 15) is 0 Å². The van der Waals surface area contributed by atoms with Gasteiger partial charge in [0, 0.05) is 24.7 Å². The number of aromatic amines is 1. The standard InChI is InChI=1S/C22H26N4S/c1-14-6-4-8-18(10-14)23-22(27)26-9-5-7-17(13-26)21-24-19-11-15(2)16(3)12-20(19)25-21/h4,6,8,10-12,17H,5,7,9,13H2,1-3H3,(H,23,27)(H,24,25). The monoisotopic (exact) mass is 378 g/mol. The second-order valence-electron chi connectivity index (χ2n) is 7.66. The molecule has 2 heterocycles. The predicted molar refractivity (Wildman–Crippen MR) is 117 cm³/mol. The van der Waals surface area contributed by atoms with Crippen LogP contribution in [0.1, 0.15) is 41.3 Å². The maximum atomic E-state index is 5.68. The zero-order valence-corrected chi connectivity index (χ0v) is 17.0. The van der Waals surface area contributed by atoms with Crippen molar-refractivity contribution in [1.29, 1.82) is 0 Å². The Morgan fingerprint density at radius 2 is 2.00 bits per heavy atom. The van der Waals surface area contributed by atoms with E-state index < -0.39 is 0 Å². The molecular formula is C22H26N4S. The predicted octanol–water partition coefficient (Wildman–Crippen LogP) is 5.06. The van der Waals surface area contributed by atoms with Crippen LogP contribution in [0.4, 0.5) is 5.69 Å². The topological polar surface area (TPSA) is 44.0 Å². The number of hydrogen-bond donors (Lipinski definition) is 2. The highest BCUT2D eigenvalue weighted by molar-refractivity contribution is 7.80. The second kappa shape index (κ2) is 7.31. The quantitative estimate of drug-likeness (QED) is 0.612. The van der Waals surface area contributed by atoms with Gasteiger partial charge in [0.15, 0.2) is 5.11 Å². The molecule has 0 bridgehead atoms. The number of nitrogens with one attached hydrogen (secondary N) is 2. The lowest BCUT2D eigenvalue weighted by Crippen LogP contribution is -2.41. The van der Waals surface area contributed by atoms with Crippen LogP contribution in [-0.4, -0.2) is 33.1 Å². The Kier molecular flexibility index (Phi) is 4.87. The van der Waals surface area contributed by atoms with Gasteiger partial charge in [-0.2, -0.15) is 0 Å². The van der Waals surface area contributed by atoms with Crippen molar-refractivity contribution >= 4 is 34.1 Å². The van der Waals surface area contributed by atoms with Crippen LogP contribution in [0, 0.1) is 20.8 Å². The van der Waals surface area contributed by atoms with E-state index in [1.54, 1.807) is 0 Å². The van der Waals surface area contributed by atoms with Crippen molar-refractivity contribution in [2.24, 2.45) is 0 Å². The van der Waals surface area contributed by atoms with E-state index in [-0.39, 0.29) is 0 Å². The molecular weight excluding hydrogens is 352 g/mol. The van der Waals surface area contributed by atoms with Crippen molar-refractivity contribution < 1.29 is 0 Å². The molecule has 2 N–H and O–H groups in total. The zero-order valence-electron chi connectivity index (χ0n) is 16.2. The number of nitrogens with zero attached hydrogens (tertiary/aromatic N) is 2. The molecule has 1 saturated heterocycles. The highest BCUT2D eigenvalue weighted by atomic mass is 32.1. The van der Waals surface area contributed by atoms with Gasteiger partial charge in [0.05, 0.1) is 11.0 Å². The molecule has 1 atom stereocenters. The number of rotatable bonds is 2. The number of thiocarbonyl (C=S) groups is 1. The molecule has 4 nitrogen and oxygen atoms in total. The van der Waals surface area contributed by atoms with Gasteiger partial charge >= 0.3 is 0 Å². The molecule has 140 valence electrons. The third kappa shape index (κ3) is 3.83. The molecule has 0 amide bonds. The summed E-state index contributed by atoms with van der Waals surface area (Å²) in [4.78, 5) is 10.7. The van der Waals surface area contributed by atoms with Crippen LogP contribution in [0.2, 0.25) is 0 Å². The molecule has 1 aliphatic rings. The number of aryl methyl sites for hydroxylation is 3. The lowest BCUT2D eigenvalue weighted by molar-refractivity contribution is 0.307. The summed E-state index contributed by atoms with van der Waals surface area (Å²) in [5.74, 6) is 1.46. The first-order valence-corrected chi connectivity index (χ1v) is 10.00. The van der Waals surface area contributed by atoms with Crippen LogP contribution in [0.3, 0.4) is 0 Å². The molecule has 0 aliphatic carbocycles. The smallest absolute Gasteiger partial charge is 0.173 e. The number of H-pyrrole nitrogens is 1. The number of anilines is 1. The van der Waals surface area contributed by atoms with E-state index >= 15 is 0 Å². The van der Waals surface area contributed by atoms with Gasteiger partial charge in [-0.05, 0) is 86.8 Å². The number of piperidine rings is 1. The van der Waals surface area contributed by atoms with E-state index in [0.717, 1.165) is 53.6 Å². The lowest BCUT2D eigenvalue weighted by Gasteiger charge is -2.33. The van der Waals surface area contributed by atoms with E-state index in [4.69, 9.17) is 17.2 Å². The molecule has 1 aliphatic heterocycles. The molecule has 0 spiro atoms. The molecule has 1 unspecified atom stereocenters. The molecule has 3 aromatic rings. The van der Waals surface area contributed by atoms with E-state index in [2.05, 4.69) is 72.4 Å². The minimum Gasteiger partial charge on any atom is -0.348 e. The molecule has 5 heteroatoms. The lowest BCUT2D eigenvalue weighted by atomic mass is 9.98. The Balaban J connectivity index is 1.50. The van der Waals surface area contributed by atoms with Crippen molar-refractivity contribution in [2.45, 2.75) is 39.5 Å². The minimum absolute atomic E-state index is 0.379. The first-order chi connectivity index (χ1) is 13.0. The minimum atomic E-state index is 0.379. The van der Waals surface area contributed by atoms with Crippen LogP contribution in [0.25, 0.3) is 11.0 Å². The summed E-state index contributed by atoms with van der Waals surface area (Å²) in [7, 11) is 0. The average Bonchev–Trinajstić information content (AvgIpc) is 3.05. The Morgan fingerprint density at radius 1 is 1.19 bits per heavy atom. The number of hydrogen-bond acceptors (Lipinski definition) is 2. The molecule has 27 heavy (non-hydrogen) atoms. The van der Waals surface area contributed by atoms with Crippen molar-refractivity contribution in [3.05, 3.63) is 58.9 Å². The Hall–Kier alpha value is -2.40. The number of benzene rings is 2. The molecule has 4 rings (SSSR count). The summed E-state index contributed by atoms with van der Waals surface area (Å²) in [5, 5.41) is 4.19. The third-order valence-corrected chi connectivity index (χ3v) is 5.84. The van der Waals surface area contributed by atoms with Gasteiger partial charge in [0.1, 0.15) is 5.82 Å². The second-order valence-corrected chi connectivity index (χ2v) is 8.05. The van der Waals surface area contributed by atoms with Crippen LogP contribution in [-0.2, 0) is 0 Å². The van der Waals surface area contributed by atoms with Crippen molar-refractivity contribution in [3.8, 4) is 0 Å². The summed E-state index contributed by atoms with van der Waals surface area (Å²) in [6, 6.07) is 12.7. The maximum absolute atomic E-state index is 5.68. The van der Waals surface area contributed by atoms with Gasteiger partial charge in [0.25, 0.3) is 0 Å². The van der Waals surface area contributed by atoms with Crippen molar-refractivity contribution in [1.82, 2.24) is 14.9 Å². The zero-order chi connectivity index (χ0) is 19.0. The number of likely N-dealkylation sites (tertiary alicyclic amines) is 1. The molecule has 2 aromatic carbocycles. The fourth-order valence-electron chi connectivity index (χ4n) is 3.79. The number of imidazole rings is 1. The van der Waals surface area contributed by atoms with Gasteiger partial charge in [-0.3, -0.25) is 0 Å². The van der Waals surface area contributed by atoms with E-state index in [1.807, 2.05) is 0 Å². The van der Waals surface area contributed by atoms with E-state index in [0.29, 0.717) is 5.92 Å². The van der Waals surface area contributed by atoms with Crippen LogP contribution < -0.4 is 5.32 Å². The SMILES string of the molecule is Cc1cccc(NC(=S)N2CCCC(c3nc4cc(C)c(C)cc4[nH]3)C2)c1. The maximum Gasteiger partial charge on any atom is 0.173 e. The Labute approximate surface area is 166 Å². The van der Waals surface area contributed by atoms with Crippen LogP contribution in [0.15, 0.2) is 36.4 Å². The summed E-state index contributed by atoms with van der Waals surface area (Å²) < 4.78 is 0. The summed E-state index contributed by atoms with van der Waals surface area (Å²) in [6.07, 6.45) is 2.26. The summed E-state index contributed by atoms with van der Waals surface area (Å²) in [6.45, 7) is 8.27. The fraction of sp³-hybridized carbons (Fsp3) is 0.364. The van der Waals surface area contributed by atoms with Crippen LogP contribution >= 0.6 is 12.2 Å². The number of aromatic nitrogens is 2. The largest absolute Gasteiger partial charge is 0.348 e. The van der Waals surface area contributed by atoms with Gasteiger partial charge in [0.2, 0.25) is 0 Å². The molecule has 1 fully saturated rings. The van der Waals surface area contributed by atoms with Crippen molar-refractivity contribution in [3.63, 3.8) is 0 Å². The Bertz CT molecular complexity index is 952. The molecule has 0 radical (unpaired) electrons. The summed E-state index contributed by atoms with van der Waals surface area (Å²) in [5.41, 5.74) is 7.06. The molecule has 0 saturated carbocycles. The highest BCUT2D eigenvalue weighted by Crippen LogP contribution is 2.28. The van der Waals surface area contributed by atoms with Gasteiger partial charge < -0.3 is 15.2 Å². The number of fused-ring (bicyclic) bond motifs is 1. The van der Waals surface area contributed by atoms with Crippen molar-refractivity contribution in [2.75, 3.05) is 18.4 Å². The Morgan fingerprint density at radius 3 is 2.81 bits per heavy atom. The molecule has 1 aromatic heterocycles. The average molecular weight is 379 g/mol. The first kappa shape index (κ1) is 18.0. The normalized spacial score (nSPS) is 17.3. The van der Waals surface area contributed by atoms with Crippen LogP contribution in [0.5, 0.6) is 0 Å². The highest BCUT2D eigenvalue weighted by Gasteiger charge is 2.25. The van der Waals surface area contributed by atoms with Gasteiger partial charge in [-0.1, -0.05) is 12.1 Å². The van der Waals surface area contributed by atoms with Gasteiger partial charge in [-0.15, -0.1) is 0 Å². The summed E-state index contributed by atoms with van der Waals surface area (Å²) >= 11 is 5.68. The third-order valence-electron chi connectivity index (χ3n) is 5.48. The first-order valence-electron chi connectivity index (χ1n) is 9.59. The van der Waals surface area contributed by atoms with Gasteiger partial charge in [-0.25, -0.2) is 4.98 Å².